The van der Waals surface area contributed by atoms with Gasteiger partial charge in [0.05, 0.1) is 5.69 Å². The summed E-state index contributed by atoms with van der Waals surface area (Å²) >= 11 is 1.50. The first kappa shape index (κ1) is 19.3. The number of hydrogen-bond donors (Lipinski definition) is 1. The standard InChI is InChI=1S/C20H21N5O3S/c1-12-17(28-11-21-12)20(27)25-9-4-3-8-16(25)18(26)22-15-7-5-6-14(10-15)19-24-23-13(2)29-19/h5-7,10-11,16H,3-4,8-9H2,1-2H3,(H,22,26). The molecule has 0 radical (unpaired) electrons. The predicted molar refractivity (Wildman–Crippen MR) is 109 cm³/mol. The van der Waals surface area contributed by atoms with E-state index in [-0.39, 0.29) is 17.6 Å². The molecule has 1 N–H and O–H groups in total. The van der Waals surface area contributed by atoms with Gasteiger partial charge in [-0.2, -0.15) is 0 Å². The van der Waals surface area contributed by atoms with Crippen LogP contribution in [0.5, 0.6) is 0 Å². The molecule has 1 saturated heterocycles. The van der Waals surface area contributed by atoms with E-state index < -0.39 is 6.04 Å². The largest absolute Gasteiger partial charge is 0.438 e. The van der Waals surface area contributed by atoms with Crippen LogP contribution in [-0.2, 0) is 4.79 Å². The quantitative estimate of drug-likeness (QED) is 0.706. The van der Waals surface area contributed by atoms with Crippen molar-refractivity contribution in [2.75, 3.05) is 11.9 Å². The first-order chi connectivity index (χ1) is 14.0. The molecular formula is C20H21N5O3S. The molecule has 1 atom stereocenters. The Hall–Kier alpha value is -3.07. The van der Waals surface area contributed by atoms with Gasteiger partial charge in [-0.05, 0) is 45.2 Å². The van der Waals surface area contributed by atoms with Crippen LogP contribution in [0.3, 0.4) is 0 Å². The van der Waals surface area contributed by atoms with Crippen molar-refractivity contribution in [3.63, 3.8) is 0 Å². The van der Waals surface area contributed by atoms with Crippen LogP contribution >= 0.6 is 11.3 Å². The van der Waals surface area contributed by atoms with Crippen LogP contribution in [0.15, 0.2) is 35.1 Å². The van der Waals surface area contributed by atoms with Crippen LogP contribution in [0.25, 0.3) is 10.6 Å². The van der Waals surface area contributed by atoms with E-state index in [0.29, 0.717) is 24.3 Å². The van der Waals surface area contributed by atoms with Crippen molar-refractivity contribution in [1.82, 2.24) is 20.1 Å². The Bertz CT molecular complexity index is 1040. The highest BCUT2D eigenvalue weighted by atomic mass is 32.1. The lowest BCUT2D eigenvalue weighted by Gasteiger charge is -2.34. The van der Waals surface area contributed by atoms with Gasteiger partial charge in [-0.15, -0.1) is 10.2 Å². The summed E-state index contributed by atoms with van der Waals surface area (Å²) in [6.07, 6.45) is 3.61. The van der Waals surface area contributed by atoms with Crippen molar-refractivity contribution in [2.24, 2.45) is 0 Å². The Morgan fingerprint density at radius 2 is 2.10 bits per heavy atom. The Labute approximate surface area is 172 Å². The molecule has 4 rings (SSSR count). The van der Waals surface area contributed by atoms with E-state index in [1.807, 2.05) is 31.2 Å². The first-order valence-corrected chi connectivity index (χ1v) is 10.3. The molecule has 1 fully saturated rings. The number of benzene rings is 1. The van der Waals surface area contributed by atoms with E-state index in [2.05, 4.69) is 20.5 Å². The highest BCUT2D eigenvalue weighted by Gasteiger charge is 2.34. The zero-order valence-corrected chi connectivity index (χ0v) is 17.0. The van der Waals surface area contributed by atoms with Crippen LogP contribution in [0.1, 0.15) is 40.5 Å². The maximum atomic E-state index is 13.0. The van der Waals surface area contributed by atoms with Gasteiger partial charge in [0.2, 0.25) is 11.7 Å². The maximum absolute atomic E-state index is 13.0. The normalized spacial score (nSPS) is 16.6. The third-order valence-electron chi connectivity index (χ3n) is 4.91. The topological polar surface area (TPSA) is 101 Å². The first-order valence-electron chi connectivity index (χ1n) is 9.45. The summed E-state index contributed by atoms with van der Waals surface area (Å²) in [5, 5.41) is 12.8. The minimum absolute atomic E-state index is 0.193. The second-order valence-electron chi connectivity index (χ2n) is 6.97. The third-order valence-corrected chi connectivity index (χ3v) is 5.80. The zero-order chi connectivity index (χ0) is 20.4. The summed E-state index contributed by atoms with van der Waals surface area (Å²) in [5.41, 5.74) is 2.08. The summed E-state index contributed by atoms with van der Waals surface area (Å²) in [4.78, 5) is 31.5. The number of anilines is 1. The lowest BCUT2D eigenvalue weighted by Crippen LogP contribution is -2.50. The summed E-state index contributed by atoms with van der Waals surface area (Å²) < 4.78 is 5.25. The van der Waals surface area contributed by atoms with Crippen LogP contribution in [0, 0.1) is 13.8 Å². The van der Waals surface area contributed by atoms with Crippen molar-refractivity contribution in [2.45, 2.75) is 39.2 Å². The van der Waals surface area contributed by atoms with E-state index in [1.165, 1.54) is 17.7 Å². The van der Waals surface area contributed by atoms with Crippen LogP contribution in [0.4, 0.5) is 5.69 Å². The van der Waals surface area contributed by atoms with Crippen LogP contribution < -0.4 is 5.32 Å². The Kier molecular flexibility index (Phi) is 5.39. The molecule has 2 aromatic heterocycles. The minimum atomic E-state index is -0.548. The summed E-state index contributed by atoms with van der Waals surface area (Å²) in [5.74, 6) is -0.308. The Balaban J connectivity index is 1.52. The monoisotopic (exact) mass is 411 g/mol. The lowest BCUT2D eigenvalue weighted by atomic mass is 10.0. The molecule has 0 saturated carbocycles. The highest BCUT2D eigenvalue weighted by Crippen LogP contribution is 2.27. The second-order valence-corrected chi connectivity index (χ2v) is 8.15. The second kappa shape index (κ2) is 8.12. The Morgan fingerprint density at radius 1 is 1.24 bits per heavy atom. The summed E-state index contributed by atoms with van der Waals surface area (Å²) in [6.45, 7) is 4.13. The molecule has 8 nitrogen and oxygen atoms in total. The average Bonchev–Trinajstić information content (AvgIpc) is 3.36. The number of aromatic nitrogens is 3. The smallest absolute Gasteiger partial charge is 0.292 e. The molecule has 1 aromatic carbocycles. The predicted octanol–water partition coefficient (Wildman–Crippen LogP) is 3.44. The number of likely N-dealkylation sites (tertiary alicyclic amines) is 1. The molecule has 1 unspecified atom stereocenters. The van der Waals surface area contributed by atoms with Crippen molar-refractivity contribution in [1.29, 1.82) is 0 Å². The molecule has 1 aliphatic rings. The molecule has 0 bridgehead atoms. The number of nitrogens with one attached hydrogen (secondary N) is 1. The van der Waals surface area contributed by atoms with Gasteiger partial charge in [0.25, 0.3) is 5.91 Å². The Morgan fingerprint density at radius 3 is 2.83 bits per heavy atom. The average molecular weight is 411 g/mol. The highest BCUT2D eigenvalue weighted by molar-refractivity contribution is 7.14. The van der Waals surface area contributed by atoms with Gasteiger partial charge in [-0.3, -0.25) is 9.59 Å². The van der Waals surface area contributed by atoms with E-state index in [1.54, 1.807) is 11.8 Å². The van der Waals surface area contributed by atoms with Crippen LogP contribution in [-0.4, -0.2) is 44.5 Å². The van der Waals surface area contributed by atoms with E-state index >= 15 is 0 Å². The fourth-order valence-corrected chi connectivity index (χ4v) is 4.14. The number of carbonyl (C=O) groups is 2. The van der Waals surface area contributed by atoms with E-state index in [9.17, 15) is 9.59 Å². The van der Waals surface area contributed by atoms with Gasteiger partial charge in [0, 0.05) is 17.8 Å². The summed E-state index contributed by atoms with van der Waals surface area (Å²) in [7, 11) is 0. The number of hydrogen-bond acceptors (Lipinski definition) is 7. The molecule has 3 aromatic rings. The van der Waals surface area contributed by atoms with Gasteiger partial charge in [-0.1, -0.05) is 23.5 Å². The minimum Gasteiger partial charge on any atom is -0.438 e. The number of rotatable bonds is 4. The van der Waals surface area contributed by atoms with E-state index in [0.717, 1.165) is 28.4 Å². The SMILES string of the molecule is Cc1nnc(-c2cccc(NC(=O)C3CCCCN3C(=O)c3ocnc3C)c2)s1. The maximum Gasteiger partial charge on any atom is 0.292 e. The van der Waals surface area contributed by atoms with Gasteiger partial charge >= 0.3 is 0 Å². The number of oxazole rings is 1. The molecule has 3 heterocycles. The lowest BCUT2D eigenvalue weighted by molar-refractivity contribution is -0.121. The van der Waals surface area contributed by atoms with Gasteiger partial charge < -0.3 is 14.6 Å². The van der Waals surface area contributed by atoms with Crippen LogP contribution in [0.2, 0.25) is 0 Å². The van der Waals surface area contributed by atoms with Gasteiger partial charge in [0.15, 0.2) is 6.39 Å². The van der Waals surface area contributed by atoms with Gasteiger partial charge in [0.1, 0.15) is 16.1 Å². The van der Waals surface area contributed by atoms with Crippen molar-refractivity contribution in [3.05, 3.63) is 47.1 Å². The molecule has 0 aliphatic carbocycles. The number of amides is 2. The summed E-state index contributed by atoms with van der Waals surface area (Å²) in [6, 6.07) is 6.94. The molecule has 29 heavy (non-hydrogen) atoms. The van der Waals surface area contributed by atoms with Gasteiger partial charge in [-0.25, -0.2) is 4.98 Å². The molecule has 1 aliphatic heterocycles. The van der Waals surface area contributed by atoms with Crippen molar-refractivity contribution >= 4 is 28.8 Å². The molecule has 9 heteroatoms. The molecule has 150 valence electrons. The molecular weight excluding hydrogens is 390 g/mol. The molecule has 0 spiro atoms. The number of piperidine rings is 1. The van der Waals surface area contributed by atoms with Crippen molar-refractivity contribution in [3.8, 4) is 10.6 Å². The number of nitrogens with zero attached hydrogens (tertiary/aromatic N) is 4. The number of aryl methyl sites for hydroxylation is 2. The number of carbonyl (C=O) groups excluding carboxylic acids is 2. The fraction of sp³-hybridized carbons (Fsp3) is 0.350. The van der Waals surface area contributed by atoms with Crippen molar-refractivity contribution < 1.29 is 14.0 Å². The zero-order valence-electron chi connectivity index (χ0n) is 16.2. The fourth-order valence-electron chi connectivity index (χ4n) is 3.45. The van der Waals surface area contributed by atoms with E-state index in [4.69, 9.17) is 4.42 Å². The molecule has 2 amide bonds. The third kappa shape index (κ3) is 4.04.